The van der Waals surface area contributed by atoms with Crippen LogP contribution < -0.4 is 10.1 Å². The number of rotatable bonds is 4. The van der Waals surface area contributed by atoms with Crippen LogP contribution in [0.3, 0.4) is 0 Å². The second-order valence-corrected chi connectivity index (χ2v) is 4.69. The van der Waals surface area contributed by atoms with E-state index in [-0.39, 0.29) is 5.57 Å². The van der Waals surface area contributed by atoms with Crippen LogP contribution in [-0.4, -0.2) is 13.0 Å². The van der Waals surface area contributed by atoms with Gasteiger partial charge in [-0.2, -0.15) is 16.6 Å². The number of carbonyl (C=O) groups is 1. The third kappa shape index (κ3) is 3.46. The van der Waals surface area contributed by atoms with E-state index in [0.717, 1.165) is 5.56 Å². The van der Waals surface area contributed by atoms with Gasteiger partial charge in [-0.1, -0.05) is 6.07 Å². The van der Waals surface area contributed by atoms with Crippen molar-refractivity contribution >= 4 is 29.0 Å². The van der Waals surface area contributed by atoms with E-state index >= 15 is 0 Å². The minimum atomic E-state index is -0.438. The van der Waals surface area contributed by atoms with Crippen LogP contribution in [0.2, 0.25) is 0 Å². The molecule has 1 aromatic heterocycles. The van der Waals surface area contributed by atoms with E-state index in [0.29, 0.717) is 11.4 Å². The molecular weight excluding hydrogens is 272 g/mol. The summed E-state index contributed by atoms with van der Waals surface area (Å²) >= 11 is 1.51. The molecule has 0 saturated heterocycles. The van der Waals surface area contributed by atoms with Crippen molar-refractivity contribution in [1.29, 1.82) is 5.26 Å². The molecule has 0 spiro atoms. The van der Waals surface area contributed by atoms with Crippen LogP contribution in [0.15, 0.2) is 46.7 Å². The summed E-state index contributed by atoms with van der Waals surface area (Å²) in [7, 11) is 1.55. The highest BCUT2D eigenvalue weighted by Gasteiger charge is 2.09. The zero-order chi connectivity index (χ0) is 14.4. The lowest BCUT2D eigenvalue weighted by molar-refractivity contribution is -0.112. The van der Waals surface area contributed by atoms with Crippen LogP contribution in [0.4, 0.5) is 5.69 Å². The summed E-state index contributed by atoms with van der Waals surface area (Å²) in [5, 5.41) is 15.5. The SMILES string of the molecule is COc1cccc(NC(=O)/C(C#N)=C/c2ccsc2)c1. The summed E-state index contributed by atoms with van der Waals surface area (Å²) in [5.74, 6) is 0.204. The number of ether oxygens (including phenoxy) is 1. The first kappa shape index (κ1) is 13.8. The Labute approximate surface area is 120 Å². The number of thiophene rings is 1. The number of nitriles is 1. The van der Waals surface area contributed by atoms with Crippen molar-refractivity contribution < 1.29 is 9.53 Å². The smallest absolute Gasteiger partial charge is 0.266 e. The Kier molecular flexibility index (Phi) is 4.53. The van der Waals surface area contributed by atoms with Gasteiger partial charge in [-0.15, -0.1) is 0 Å². The Morgan fingerprint density at radius 2 is 2.30 bits per heavy atom. The fourth-order valence-electron chi connectivity index (χ4n) is 1.57. The van der Waals surface area contributed by atoms with Crippen LogP contribution in [0.1, 0.15) is 5.56 Å². The summed E-state index contributed by atoms with van der Waals surface area (Å²) in [6.45, 7) is 0. The molecule has 2 rings (SSSR count). The monoisotopic (exact) mass is 284 g/mol. The third-order valence-electron chi connectivity index (χ3n) is 2.55. The van der Waals surface area contributed by atoms with E-state index in [1.54, 1.807) is 37.5 Å². The number of hydrogen-bond acceptors (Lipinski definition) is 4. The fourth-order valence-corrected chi connectivity index (χ4v) is 2.19. The van der Waals surface area contributed by atoms with Gasteiger partial charge in [0.2, 0.25) is 0 Å². The maximum atomic E-state index is 12.0. The number of benzene rings is 1. The van der Waals surface area contributed by atoms with Crippen LogP contribution in [0, 0.1) is 11.3 Å². The van der Waals surface area contributed by atoms with E-state index in [9.17, 15) is 4.79 Å². The number of amides is 1. The average molecular weight is 284 g/mol. The Morgan fingerprint density at radius 1 is 1.45 bits per heavy atom. The van der Waals surface area contributed by atoms with E-state index in [4.69, 9.17) is 10.00 Å². The Hall–Kier alpha value is -2.58. The van der Waals surface area contributed by atoms with Gasteiger partial charge in [0.05, 0.1) is 7.11 Å². The highest BCUT2D eigenvalue weighted by Crippen LogP contribution is 2.18. The van der Waals surface area contributed by atoms with Gasteiger partial charge in [-0.05, 0) is 40.6 Å². The first-order valence-corrected chi connectivity index (χ1v) is 6.76. The highest BCUT2D eigenvalue weighted by atomic mass is 32.1. The average Bonchev–Trinajstić information content (AvgIpc) is 2.97. The molecule has 2 aromatic rings. The number of methoxy groups -OCH3 is 1. The third-order valence-corrected chi connectivity index (χ3v) is 3.25. The molecule has 20 heavy (non-hydrogen) atoms. The lowest BCUT2D eigenvalue weighted by Gasteiger charge is -2.06. The maximum absolute atomic E-state index is 12.0. The molecular formula is C15H12N2O2S. The minimum Gasteiger partial charge on any atom is -0.497 e. The fraction of sp³-hybridized carbons (Fsp3) is 0.0667. The maximum Gasteiger partial charge on any atom is 0.266 e. The van der Waals surface area contributed by atoms with E-state index in [1.165, 1.54) is 11.3 Å². The van der Waals surface area contributed by atoms with E-state index in [2.05, 4.69) is 5.32 Å². The molecule has 1 aromatic carbocycles. The molecule has 100 valence electrons. The number of carbonyl (C=O) groups excluding carboxylic acids is 1. The van der Waals surface area contributed by atoms with E-state index in [1.807, 2.05) is 22.9 Å². The molecule has 0 unspecified atom stereocenters. The topological polar surface area (TPSA) is 62.1 Å². The number of anilines is 1. The predicted molar refractivity (Wildman–Crippen MR) is 79.5 cm³/mol. The van der Waals surface area contributed by atoms with Crippen molar-refractivity contribution in [3.8, 4) is 11.8 Å². The van der Waals surface area contributed by atoms with Crippen molar-refractivity contribution in [3.63, 3.8) is 0 Å². The summed E-state index contributed by atoms with van der Waals surface area (Å²) in [4.78, 5) is 12.0. The molecule has 0 saturated carbocycles. The lowest BCUT2D eigenvalue weighted by atomic mass is 10.2. The largest absolute Gasteiger partial charge is 0.497 e. The Balaban J connectivity index is 2.16. The Morgan fingerprint density at radius 3 is 2.95 bits per heavy atom. The van der Waals surface area contributed by atoms with Crippen molar-refractivity contribution in [1.82, 2.24) is 0 Å². The van der Waals surface area contributed by atoms with Crippen LogP contribution in [0.5, 0.6) is 5.75 Å². The van der Waals surface area contributed by atoms with Gasteiger partial charge in [-0.3, -0.25) is 4.79 Å². The van der Waals surface area contributed by atoms with Gasteiger partial charge in [0, 0.05) is 11.8 Å². The number of nitrogens with one attached hydrogen (secondary N) is 1. The molecule has 0 aliphatic heterocycles. The molecule has 5 heteroatoms. The molecule has 0 aliphatic carbocycles. The second-order valence-electron chi connectivity index (χ2n) is 3.91. The van der Waals surface area contributed by atoms with Gasteiger partial charge in [0.25, 0.3) is 5.91 Å². The number of nitrogens with zero attached hydrogens (tertiary/aromatic N) is 1. The molecule has 0 atom stereocenters. The molecule has 1 N–H and O–H groups in total. The quantitative estimate of drug-likeness (QED) is 0.692. The van der Waals surface area contributed by atoms with E-state index < -0.39 is 5.91 Å². The molecule has 1 heterocycles. The van der Waals surface area contributed by atoms with Crippen molar-refractivity contribution in [3.05, 3.63) is 52.2 Å². The molecule has 4 nitrogen and oxygen atoms in total. The van der Waals surface area contributed by atoms with Gasteiger partial charge in [-0.25, -0.2) is 0 Å². The van der Waals surface area contributed by atoms with Crippen LogP contribution >= 0.6 is 11.3 Å². The minimum absolute atomic E-state index is 0.0613. The predicted octanol–water partition coefficient (Wildman–Crippen LogP) is 3.30. The van der Waals surface area contributed by atoms with Gasteiger partial charge < -0.3 is 10.1 Å². The highest BCUT2D eigenvalue weighted by molar-refractivity contribution is 7.08. The molecule has 0 radical (unpaired) electrons. The van der Waals surface area contributed by atoms with Gasteiger partial charge in [0.15, 0.2) is 0 Å². The Bertz CT molecular complexity index is 669. The summed E-state index contributed by atoms with van der Waals surface area (Å²) in [5.41, 5.74) is 1.49. The molecule has 0 aliphatic rings. The zero-order valence-electron chi connectivity index (χ0n) is 10.8. The van der Waals surface area contributed by atoms with Crippen LogP contribution in [0.25, 0.3) is 6.08 Å². The van der Waals surface area contributed by atoms with Gasteiger partial charge in [0.1, 0.15) is 17.4 Å². The summed E-state index contributed by atoms with van der Waals surface area (Å²) < 4.78 is 5.08. The summed E-state index contributed by atoms with van der Waals surface area (Å²) in [6.07, 6.45) is 1.56. The van der Waals surface area contributed by atoms with Crippen LogP contribution in [-0.2, 0) is 4.79 Å². The lowest BCUT2D eigenvalue weighted by Crippen LogP contribution is -2.13. The van der Waals surface area contributed by atoms with Crippen molar-refractivity contribution in [2.45, 2.75) is 0 Å². The van der Waals surface area contributed by atoms with Crippen molar-refractivity contribution in [2.24, 2.45) is 0 Å². The molecule has 0 fully saturated rings. The summed E-state index contributed by atoms with van der Waals surface area (Å²) in [6, 6.07) is 10.7. The molecule has 0 bridgehead atoms. The zero-order valence-corrected chi connectivity index (χ0v) is 11.6. The first-order valence-electron chi connectivity index (χ1n) is 5.82. The second kappa shape index (κ2) is 6.55. The normalized spacial score (nSPS) is 10.7. The molecule has 1 amide bonds. The van der Waals surface area contributed by atoms with Crippen molar-refractivity contribution in [2.75, 3.05) is 12.4 Å². The van der Waals surface area contributed by atoms with Gasteiger partial charge >= 0.3 is 0 Å². The standard InChI is InChI=1S/C15H12N2O2S/c1-19-14-4-2-3-13(8-14)17-15(18)12(9-16)7-11-5-6-20-10-11/h2-8,10H,1H3,(H,17,18)/b12-7+. The number of hydrogen-bond donors (Lipinski definition) is 1. The first-order chi connectivity index (χ1) is 9.72.